The van der Waals surface area contributed by atoms with Crippen molar-refractivity contribution in [3.05, 3.63) is 72.8 Å². The molecule has 0 unspecified atom stereocenters. The minimum absolute atomic E-state index is 0.181. The summed E-state index contributed by atoms with van der Waals surface area (Å²) in [5.41, 5.74) is 1.97. The molecule has 1 atom stereocenters. The molecule has 9 heteroatoms. The average Bonchev–Trinajstić information content (AvgIpc) is 3.34. The Morgan fingerprint density at radius 2 is 1.69 bits per heavy atom. The summed E-state index contributed by atoms with van der Waals surface area (Å²) in [5.74, 6) is -0.603. The van der Waals surface area contributed by atoms with Crippen molar-refractivity contribution >= 4 is 23.3 Å². The number of anilines is 2. The Bertz CT molecular complexity index is 1080. The third-order valence-corrected chi connectivity index (χ3v) is 5.49. The number of hydrogen-bond donors (Lipinski definition) is 2. The maximum Gasteiger partial charge on any atom is 0.321 e. The summed E-state index contributed by atoms with van der Waals surface area (Å²) in [6.07, 6.45) is 3.54. The zero-order valence-corrected chi connectivity index (χ0v) is 17.7. The molecule has 0 aliphatic carbocycles. The zero-order chi connectivity index (χ0) is 22.5. The molecule has 3 amide bonds. The van der Waals surface area contributed by atoms with Gasteiger partial charge in [-0.05, 0) is 49.4 Å². The normalized spacial score (nSPS) is 15.2. The highest BCUT2D eigenvalue weighted by Gasteiger charge is 2.27. The summed E-state index contributed by atoms with van der Waals surface area (Å²) in [6, 6.07) is 14.6. The van der Waals surface area contributed by atoms with E-state index in [1.54, 1.807) is 27.9 Å². The van der Waals surface area contributed by atoms with Crippen molar-refractivity contribution in [2.24, 2.45) is 0 Å². The molecule has 0 spiro atoms. The molecule has 1 aliphatic rings. The zero-order valence-electron chi connectivity index (χ0n) is 17.7. The Kier molecular flexibility index (Phi) is 6.46. The monoisotopic (exact) mass is 436 g/mol. The Morgan fingerprint density at radius 3 is 2.38 bits per heavy atom. The lowest BCUT2D eigenvalue weighted by molar-refractivity contribution is -0.121. The molecule has 1 aliphatic heterocycles. The van der Waals surface area contributed by atoms with Crippen molar-refractivity contribution in [3.8, 4) is 5.69 Å². The van der Waals surface area contributed by atoms with Crippen molar-refractivity contribution in [2.45, 2.75) is 13.0 Å². The fourth-order valence-electron chi connectivity index (χ4n) is 3.64. The van der Waals surface area contributed by atoms with E-state index >= 15 is 0 Å². The van der Waals surface area contributed by atoms with Gasteiger partial charge in [-0.3, -0.25) is 9.69 Å². The van der Waals surface area contributed by atoms with Crippen LogP contribution in [0.3, 0.4) is 0 Å². The summed E-state index contributed by atoms with van der Waals surface area (Å²) in [4.78, 5) is 29.0. The number of nitrogens with one attached hydrogen (secondary N) is 2. The van der Waals surface area contributed by atoms with E-state index in [1.807, 2.05) is 48.4 Å². The SMILES string of the molecule is C[C@H](C(=O)Nc1cccc(F)c1)N1CCN(C(=O)Nc2cccc(-n3cccn3)c2)CC1. The van der Waals surface area contributed by atoms with E-state index in [4.69, 9.17) is 0 Å². The first kappa shape index (κ1) is 21.5. The molecule has 0 saturated carbocycles. The highest BCUT2D eigenvalue weighted by molar-refractivity contribution is 5.94. The molecule has 1 saturated heterocycles. The third kappa shape index (κ3) is 5.12. The molecule has 0 bridgehead atoms. The van der Waals surface area contributed by atoms with Crippen LogP contribution in [0.1, 0.15) is 6.92 Å². The second kappa shape index (κ2) is 9.61. The first-order valence-corrected chi connectivity index (χ1v) is 10.5. The fraction of sp³-hybridized carbons (Fsp3) is 0.261. The van der Waals surface area contributed by atoms with Gasteiger partial charge in [-0.15, -0.1) is 0 Å². The Hall–Kier alpha value is -3.72. The number of benzene rings is 2. The molecule has 2 aromatic carbocycles. The quantitative estimate of drug-likeness (QED) is 0.644. The molecule has 166 valence electrons. The van der Waals surface area contributed by atoms with Gasteiger partial charge in [0.2, 0.25) is 5.91 Å². The molecule has 8 nitrogen and oxygen atoms in total. The van der Waals surface area contributed by atoms with Gasteiger partial charge in [0.1, 0.15) is 5.82 Å². The molecule has 32 heavy (non-hydrogen) atoms. The van der Waals surface area contributed by atoms with Crippen molar-refractivity contribution in [1.29, 1.82) is 0 Å². The number of piperazine rings is 1. The van der Waals surface area contributed by atoms with Crippen LogP contribution in [0.5, 0.6) is 0 Å². The number of nitrogens with zero attached hydrogens (tertiary/aromatic N) is 4. The summed E-state index contributed by atoms with van der Waals surface area (Å²) in [5, 5.41) is 9.88. The van der Waals surface area contributed by atoms with Crippen LogP contribution in [-0.4, -0.2) is 63.7 Å². The van der Waals surface area contributed by atoms with Crippen molar-refractivity contribution < 1.29 is 14.0 Å². The van der Waals surface area contributed by atoms with E-state index in [9.17, 15) is 14.0 Å². The van der Waals surface area contributed by atoms with Gasteiger partial charge >= 0.3 is 6.03 Å². The number of urea groups is 1. The van der Waals surface area contributed by atoms with Crippen LogP contribution in [0.2, 0.25) is 0 Å². The molecule has 1 aromatic heterocycles. The molecule has 1 fully saturated rings. The minimum Gasteiger partial charge on any atom is -0.325 e. The smallest absolute Gasteiger partial charge is 0.321 e. The Labute approximate surface area is 185 Å². The van der Waals surface area contributed by atoms with Gasteiger partial charge < -0.3 is 15.5 Å². The number of carbonyl (C=O) groups excluding carboxylic acids is 2. The van der Waals surface area contributed by atoms with Crippen LogP contribution in [0.25, 0.3) is 5.69 Å². The van der Waals surface area contributed by atoms with E-state index in [2.05, 4.69) is 15.7 Å². The molecule has 4 rings (SSSR count). The lowest BCUT2D eigenvalue weighted by atomic mass is 10.2. The van der Waals surface area contributed by atoms with Gasteiger partial charge in [0.05, 0.1) is 11.7 Å². The lowest BCUT2D eigenvalue weighted by Crippen LogP contribution is -2.54. The van der Waals surface area contributed by atoms with Gasteiger partial charge in [-0.25, -0.2) is 13.9 Å². The van der Waals surface area contributed by atoms with Crippen LogP contribution >= 0.6 is 0 Å². The van der Waals surface area contributed by atoms with Gasteiger partial charge in [0, 0.05) is 49.9 Å². The number of rotatable bonds is 5. The standard InChI is InChI=1S/C23H25FN6O2/c1-17(22(31)26-19-6-2-5-18(24)15-19)28-11-13-29(14-12-28)23(32)27-20-7-3-8-21(16-20)30-10-4-9-25-30/h2-10,15-17H,11-14H2,1H3,(H,26,31)(H,27,32)/t17-/m1/s1. The van der Waals surface area contributed by atoms with E-state index in [0.29, 0.717) is 37.6 Å². The van der Waals surface area contributed by atoms with Crippen LogP contribution in [-0.2, 0) is 4.79 Å². The summed E-state index contributed by atoms with van der Waals surface area (Å²) in [6.45, 7) is 3.95. The van der Waals surface area contributed by atoms with E-state index in [-0.39, 0.29) is 11.9 Å². The van der Waals surface area contributed by atoms with Gasteiger partial charge in [0.15, 0.2) is 0 Å². The molecule has 2 heterocycles. The van der Waals surface area contributed by atoms with Gasteiger partial charge in [0.25, 0.3) is 0 Å². The number of hydrogen-bond acceptors (Lipinski definition) is 4. The second-order valence-electron chi connectivity index (χ2n) is 7.63. The van der Waals surface area contributed by atoms with E-state index in [0.717, 1.165) is 5.69 Å². The van der Waals surface area contributed by atoms with Crippen molar-refractivity contribution in [3.63, 3.8) is 0 Å². The summed E-state index contributed by atoms with van der Waals surface area (Å²) in [7, 11) is 0. The predicted molar refractivity (Wildman–Crippen MR) is 120 cm³/mol. The van der Waals surface area contributed by atoms with Crippen LogP contribution < -0.4 is 10.6 Å². The highest BCUT2D eigenvalue weighted by atomic mass is 19.1. The maximum atomic E-state index is 13.3. The van der Waals surface area contributed by atoms with Crippen molar-refractivity contribution in [2.75, 3.05) is 36.8 Å². The predicted octanol–water partition coefficient (Wildman–Crippen LogP) is 3.19. The Balaban J connectivity index is 1.29. The fourth-order valence-corrected chi connectivity index (χ4v) is 3.64. The van der Waals surface area contributed by atoms with Crippen LogP contribution in [0.4, 0.5) is 20.6 Å². The maximum absolute atomic E-state index is 13.3. The molecule has 3 aromatic rings. The average molecular weight is 436 g/mol. The van der Waals surface area contributed by atoms with Gasteiger partial charge in [-0.1, -0.05) is 12.1 Å². The van der Waals surface area contributed by atoms with Crippen molar-refractivity contribution in [1.82, 2.24) is 19.6 Å². The lowest BCUT2D eigenvalue weighted by Gasteiger charge is -2.37. The van der Waals surface area contributed by atoms with Crippen LogP contribution in [0, 0.1) is 5.82 Å². The number of aromatic nitrogens is 2. The molecular formula is C23H25FN6O2. The summed E-state index contributed by atoms with van der Waals surface area (Å²) < 4.78 is 15.1. The molecule has 2 N–H and O–H groups in total. The second-order valence-corrected chi connectivity index (χ2v) is 7.63. The highest BCUT2D eigenvalue weighted by Crippen LogP contribution is 2.16. The number of halogens is 1. The molecule has 0 radical (unpaired) electrons. The number of carbonyl (C=O) groups is 2. The van der Waals surface area contributed by atoms with Gasteiger partial charge in [-0.2, -0.15) is 5.10 Å². The molecular weight excluding hydrogens is 411 g/mol. The topological polar surface area (TPSA) is 82.5 Å². The largest absolute Gasteiger partial charge is 0.325 e. The minimum atomic E-state index is -0.398. The first-order valence-electron chi connectivity index (χ1n) is 10.5. The third-order valence-electron chi connectivity index (χ3n) is 5.49. The summed E-state index contributed by atoms with van der Waals surface area (Å²) >= 11 is 0. The van der Waals surface area contributed by atoms with E-state index < -0.39 is 11.9 Å². The van der Waals surface area contributed by atoms with E-state index in [1.165, 1.54) is 12.1 Å². The number of amides is 3. The van der Waals surface area contributed by atoms with Crippen LogP contribution in [0.15, 0.2) is 67.0 Å². The first-order chi connectivity index (χ1) is 15.5. The Morgan fingerprint density at radius 1 is 0.969 bits per heavy atom.